The molecular formula is C6H10Cl2O2. The van der Waals surface area contributed by atoms with Gasteiger partial charge in [-0.1, -0.05) is 23.2 Å². The standard InChI is InChI=1S/C4H8O2.C2H2Cl2/c1-3-6-4(2)5;3-1-2-4/h3H2,1-2H3;1-2H/b;2-1+. The average Bonchev–Trinajstić information content (AvgIpc) is 1.89. The van der Waals surface area contributed by atoms with Crippen molar-refractivity contribution in [3.05, 3.63) is 11.1 Å². The van der Waals surface area contributed by atoms with Crippen molar-refractivity contribution in [3.8, 4) is 0 Å². The van der Waals surface area contributed by atoms with Gasteiger partial charge in [0.05, 0.1) is 6.61 Å². The van der Waals surface area contributed by atoms with Crippen LogP contribution in [0, 0.1) is 0 Å². The van der Waals surface area contributed by atoms with Gasteiger partial charge in [0.15, 0.2) is 0 Å². The van der Waals surface area contributed by atoms with Crippen molar-refractivity contribution in [2.45, 2.75) is 13.8 Å². The Bertz CT molecular complexity index is 97.9. The number of rotatable bonds is 1. The van der Waals surface area contributed by atoms with E-state index in [0.717, 1.165) is 0 Å². The zero-order valence-electron chi connectivity index (χ0n) is 5.93. The van der Waals surface area contributed by atoms with Crippen LogP contribution < -0.4 is 0 Å². The Kier molecular flexibility index (Phi) is 14.4. The molecule has 0 bridgehead atoms. The van der Waals surface area contributed by atoms with Gasteiger partial charge in [-0.2, -0.15) is 0 Å². The second kappa shape index (κ2) is 11.6. The molecule has 0 heterocycles. The van der Waals surface area contributed by atoms with Gasteiger partial charge < -0.3 is 4.74 Å². The number of carbonyl (C=O) groups excluding carboxylic acids is 1. The van der Waals surface area contributed by atoms with Crippen molar-refractivity contribution in [1.82, 2.24) is 0 Å². The van der Waals surface area contributed by atoms with Crippen molar-refractivity contribution in [1.29, 1.82) is 0 Å². The molecule has 0 saturated carbocycles. The molecule has 0 radical (unpaired) electrons. The van der Waals surface area contributed by atoms with Gasteiger partial charge in [0.2, 0.25) is 0 Å². The lowest BCUT2D eigenvalue weighted by Crippen LogP contribution is -1.95. The lowest BCUT2D eigenvalue weighted by atomic mass is 10.8. The Morgan fingerprint density at radius 3 is 1.90 bits per heavy atom. The summed E-state index contributed by atoms with van der Waals surface area (Å²) >= 11 is 9.75. The van der Waals surface area contributed by atoms with Crippen LogP contribution in [0.4, 0.5) is 0 Å². The fourth-order valence-corrected chi connectivity index (χ4v) is 0.203. The summed E-state index contributed by atoms with van der Waals surface area (Å²) in [5, 5.41) is 0. The van der Waals surface area contributed by atoms with E-state index in [1.165, 1.54) is 18.0 Å². The summed E-state index contributed by atoms with van der Waals surface area (Å²) in [4.78, 5) is 9.82. The third-order valence-electron chi connectivity index (χ3n) is 0.395. The molecule has 0 aromatic carbocycles. The molecule has 0 amide bonds. The third kappa shape index (κ3) is 25.0. The highest BCUT2D eigenvalue weighted by Crippen LogP contribution is 1.78. The maximum Gasteiger partial charge on any atom is 0.302 e. The largest absolute Gasteiger partial charge is 0.466 e. The lowest BCUT2D eigenvalue weighted by molar-refractivity contribution is -0.140. The Labute approximate surface area is 70.8 Å². The van der Waals surface area contributed by atoms with E-state index in [0.29, 0.717) is 6.61 Å². The molecule has 0 aromatic rings. The second-order valence-electron chi connectivity index (χ2n) is 1.18. The maximum absolute atomic E-state index is 9.82. The fraction of sp³-hybridized carbons (Fsp3) is 0.500. The zero-order chi connectivity index (χ0) is 8.41. The van der Waals surface area contributed by atoms with Gasteiger partial charge in [-0.05, 0) is 6.92 Å². The topological polar surface area (TPSA) is 26.3 Å². The fourth-order valence-electron chi connectivity index (χ4n) is 0.203. The first-order valence-corrected chi connectivity index (χ1v) is 3.55. The van der Waals surface area contributed by atoms with Gasteiger partial charge in [0, 0.05) is 18.0 Å². The summed E-state index contributed by atoms with van der Waals surface area (Å²) in [6.45, 7) is 3.65. The van der Waals surface area contributed by atoms with Crippen LogP contribution >= 0.6 is 23.2 Å². The van der Waals surface area contributed by atoms with Gasteiger partial charge in [0.1, 0.15) is 0 Å². The molecule has 0 fully saturated rings. The molecule has 0 rings (SSSR count). The van der Waals surface area contributed by atoms with Gasteiger partial charge in [-0.15, -0.1) is 0 Å². The maximum atomic E-state index is 9.82. The molecule has 0 N–H and O–H groups in total. The average molecular weight is 185 g/mol. The highest BCUT2D eigenvalue weighted by Gasteiger charge is 1.81. The molecule has 0 aromatic heterocycles. The van der Waals surface area contributed by atoms with Crippen molar-refractivity contribution < 1.29 is 9.53 Å². The summed E-state index contributed by atoms with van der Waals surface area (Å²) in [5.74, 6) is -0.211. The molecule has 0 aliphatic heterocycles. The highest BCUT2D eigenvalue weighted by molar-refractivity contribution is 6.33. The van der Waals surface area contributed by atoms with Crippen molar-refractivity contribution in [2.24, 2.45) is 0 Å². The van der Waals surface area contributed by atoms with Crippen LogP contribution in [0.5, 0.6) is 0 Å². The minimum atomic E-state index is -0.211. The first-order valence-electron chi connectivity index (χ1n) is 2.67. The van der Waals surface area contributed by atoms with Gasteiger partial charge >= 0.3 is 5.97 Å². The van der Waals surface area contributed by atoms with Crippen LogP contribution in [0.15, 0.2) is 11.1 Å². The minimum Gasteiger partial charge on any atom is -0.466 e. The molecule has 2 nitrogen and oxygen atoms in total. The third-order valence-corrected chi connectivity index (χ3v) is 0.776. The number of hydrogen-bond donors (Lipinski definition) is 0. The second-order valence-corrected chi connectivity index (χ2v) is 1.68. The van der Waals surface area contributed by atoms with Gasteiger partial charge in [-0.3, -0.25) is 4.79 Å². The normalized spacial score (nSPS) is 8.40. The number of carbonyl (C=O) groups is 1. The van der Waals surface area contributed by atoms with Crippen LogP contribution in [0.25, 0.3) is 0 Å². The summed E-state index contributed by atoms with van der Waals surface area (Å²) in [6, 6.07) is 0. The van der Waals surface area contributed by atoms with Crippen LogP contribution in [0.3, 0.4) is 0 Å². The quantitative estimate of drug-likeness (QED) is 0.586. The Morgan fingerprint density at radius 1 is 1.50 bits per heavy atom. The molecule has 0 unspecified atom stereocenters. The Morgan fingerprint density at radius 2 is 1.90 bits per heavy atom. The Hall–Kier alpha value is -0.210. The number of ether oxygens (including phenoxy) is 1. The number of hydrogen-bond acceptors (Lipinski definition) is 2. The van der Waals surface area contributed by atoms with Crippen LogP contribution in [0.2, 0.25) is 0 Å². The van der Waals surface area contributed by atoms with Crippen LogP contribution in [0.1, 0.15) is 13.8 Å². The van der Waals surface area contributed by atoms with Gasteiger partial charge in [-0.25, -0.2) is 0 Å². The summed E-state index contributed by atoms with van der Waals surface area (Å²) < 4.78 is 4.40. The first-order chi connectivity index (χ1) is 4.68. The van der Waals surface area contributed by atoms with Crippen LogP contribution in [-0.2, 0) is 9.53 Å². The highest BCUT2D eigenvalue weighted by atomic mass is 35.5. The van der Waals surface area contributed by atoms with E-state index in [2.05, 4.69) is 4.74 Å². The summed E-state index contributed by atoms with van der Waals surface area (Å²) in [5.41, 5.74) is 2.48. The number of halogens is 2. The molecule has 0 aliphatic carbocycles. The number of esters is 1. The van der Waals surface area contributed by atoms with Gasteiger partial charge in [0.25, 0.3) is 0 Å². The van der Waals surface area contributed by atoms with E-state index in [-0.39, 0.29) is 5.97 Å². The Balaban J connectivity index is 0. The minimum absolute atomic E-state index is 0.211. The molecule has 10 heavy (non-hydrogen) atoms. The molecular weight excluding hydrogens is 175 g/mol. The van der Waals surface area contributed by atoms with Crippen molar-refractivity contribution >= 4 is 29.2 Å². The molecule has 4 heteroatoms. The molecule has 0 atom stereocenters. The first kappa shape index (κ1) is 12.5. The predicted molar refractivity (Wildman–Crippen MR) is 43.2 cm³/mol. The van der Waals surface area contributed by atoms with E-state index in [1.807, 2.05) is 0 Å². The molecule has 0 aliphatic rings. The zero-order valence-corrected chi connectivity index (χ0v) is 7.45. The van der Waals surface area contributed by atoms with E-state index in [4.69, 9.17) is 23.2 Å². The van der Waals surface area contributed by atoms with E-state index < -0.39 is 0 Å². The predicted octanol–water partition coefficient (Wildman–Crippen LogP) is 2.50. The van der Waals surface area contributed by atoms with Crippen molar-refractivity contribution in [2.75, 3.05) is 6.61 Å². The monoisotopic (exact) mass is 184 g/mol. The lowest BCUT2D eigenvalue weighted by Gasteiger charge is -1.89. The van der Waals surface area contributed by atoms with E-state index in [1.54, 1.807) is 6.92 Å². The van der Waals surface area contributed by atoms with Crippen molar-refractivity contribution in [3.63, 3.8) is 0 Å². The molecule has 0 saturated heterocycles. The van der Waals surface area contributed by atoms with Crippen LogP contribution in [-0.4, -0.2) is 12.6 Å². The SMILES string of the molecule is CCOC(C)=O.Cl/C=C/Cl. The molecule has 0 spiro atoms. The van der Waals surface area contributed by atoms with E-state index >= 15 is 0 Å². The summed E-state index contributed by atoms with van der Waals surface area (Å²) in [6.07, 6.45) is 0. The van der Waals surface area contributed by atoms with E-state index in [9.17, 15) is 4.79 Å². The summed E-state index contributed by atoms with van der Waals surface area (Å²) in [7, 11) is 0. The smallest absolute Gasteiger partial charge is 0.302 e. The molecule has 60 valence electrons.